The summed E-state index contributed by atoms with van der Waals surface area (Å²) in [6.07, 6.45) is 7.27. The summed E-state index contributed by atoms with van der Waals surface area (Å²) in [6, 6.07) is 7.03. The fourth-order valence-corrected chi connectivity index (χ4v) is 4.91. The van der Waals surface area contributed by atoms with E-state index < -0.39 is 0 Å². The number of aryl methyl sites for hydroxylation is 1. The lowest BCUT2D eigenvalue weighted by atomic mass is 9.88. The summed E-state index contributed by atoms with van der Waals surface area (Å²) in [5, 5.41) is 9.19. The molecule has 1 saturated heterocycles. The van der Waals surface area contributed by atoms with E-state index in [0.717, 1.165) is 25.5 Å². The summed E-state index contributed by atoms with van der Waals surface area (Å²) in [7, 11) is 4.09. The molecule has 1 aliphatic rings. The van der Waals surface area contributed by atoms with Crippen LogP contribution in [0.15, 0.2) is 41.0 Å². The van der Waals surface area contributed by atoms with E-state index in [1.165, 1.54) is 35.4 Å². The minimum Gasteiger partial charge on any atom is -0.356 e. The molecule has 2 aromatic rings. The Morgan fingerprint density at radius 1 is 1.37 bits per heavy atom. The van der Waals surface area contributed by atoms with Crippen molar-refractivity contribution in [3.8, 4) is 0 Å². The maximum atomic E-state index is 4.40. The Morgan fingerprint density at radius 2 is 2.26 bits per heavy atom. The number of rotatable bonds is 6. The van der Waals surface area contributed by atoms with Gasteiger partial charge in [-0.3, -0.25) is 14.9 Å². The molecule has 5 nitrogen and oxygen atoms in total. The van der Waals surface area contributed by atoms with Crippen LogP contribution in [0.4, 0.5) is 0 Å². The molecule has 0 bridgehead atoms. The number of piperidine rings is 1. The van der Waals surface area contributed by atoms with Crippen molar-refractivity contribution in [3.05, 3.63) is 52.0 Å². The molecule has 6 heteroatoms. The van der Waals surface area contributed by atoms with Gasteiger partial charge in [0.25, 0.3) is 0 Å². The molecule has 2 aromatic heterocycles. The summed E-state index contributed by atoms with van der Waals surface area (Å²) in [5.41, 5.74) is 2.57. The van der Waals surface area contributed by atoms with Gasteiger partial charge < -0.3 is 10.6 Å². The molecule has 27 heavy (non-hydrogen) atoms. The second kappa shape index (κ2) is 9.85. The minimum atomic E-state index is 0.504. The van der Waals surface area contributed by atoms with E-state index in [1.807, 2.05) is 30.8 Å². The van der Waals surface area contributed by atoms with Gasteiger partial charge in [0.05, 0.1) is 0 Å². The monoisotopic (exact) mass is 385 g/mol. The first kappa shape index (κ1) is 19.8. The maximum absolute atomic E-state index is 4.40. The Bertz CT molecular complexity index is 728. The zero-order valence-electron chi connectivity index (χ0n) is 16.6. The molecular weight excluding hydrogens is 354 g/mol. The molecule has 1 aliphatic heterocycles. The Balaban J connectivity index is 1.51. The summed E-state index contributed by atoms with van der Waals surface area (Å²) >= 11 is 1.87. The number of hydrogen-bond donors (Lipinski definition) is 2. The fourth-order valence-electron chi connectivity index (χ4n) is 3.93. The van der Waals surface area contributed by atoms with Crippen molar-refractivity contribution in [1.29, 1.82) is 0 Å². The van der Waals surface area contributed by atoms with E-state index in [-0.39, 0.29) is 0 Å². The number of nitrogens with one attached hydrogen (secondary N) is 2. The van der Waals surface area contributed by atoms with Crippen LogP contribution < -0.4 is 10.6 Å². The Hall–Kier alpha value is -1.92. The van der Waals surface area contributed by atoms with Gasteiger partial charge in [0.2, 0.25) is 0 Å². The van der Waals surface area contributed by atoms with Gasteiger partial charge in [-0.05, 0) is 74.3 Å². The van der Waals surface area contributed by atoms with Crippen LogP contribution in [0, 0.1) is 12.8 Å². The van der Waals surface area contributed by atoms with Gasteiger partial charge >= 0.3 is 0 Å². The molecule has 0 radical (unpaired) electrons. The van der Waals surface area contributed by atoms with E-state index >= 15 is 0 Å². The van der Waals surface area contributed by atoms with E-state index in [0.29, 0.717) is 12.0 Å². The molecule has 2 unspecified atom stereocenters. The van der Waals surface area contributed by atoms with Crippen molar-refractivity contribution < 1.29 is 0 Å². The maximum Gasteiger partial charge on any atom is 0.190 e. The Morgan fingerprint density at radius 3 is 3.00 bits per heavy atom. The van der Waals surface area contributed by atoms with Gasteiger partial charge in [-0.25, -0.2) is 0 Å². The van der Waals surface area contributed by atoms with Crippen LogP contribution in [-0.4, -0.2) is 49.6 Å². The standard InChI is InChI=1S/C21H31N5S/c1-16-14-23-10-8-17(16)9-11-24-21(22-2)25-15-18-6-4-12-26(3)20(18)19-7-5-13-27-19/h5,7-8,10,13-14,18,20H,4,6,9,11-12,15H2,1-3H3,(H2,22,24,25). The Kier molecular flexibility index (Phi) is 7.24. The number of aromatic nitrogens is 1. The molecule has 146 valence electrons. The lowest BCUT2D eigenvalue weighted by Crippen LogP contribution is -2.45. The first-order valence-electron chi connectivity index (χ1n) is 9.76. The Labute approximate surface area is 166 Å². The number of guanidine groups is 1. The summed E-state index contributed by atoms with van der Waals surface area (Å²) in [4.78, 5) is 12.5. The van der Waals surface area contributed by atoms with E-state index in [4.69, 9.17) is 0 Å². The van der Waals surface area contributed by atoms with E-state index in [2.05, 4.69) is 63.1 Å². The largest absolute Gasteiger partial charge is 0.356 e. The highest BCUT2D eigenvalue weighted by atomic mass is 32.1. The van der Waals surface area contributed by atoms with Crippen LogP contribution in [-0.2, 0) is 6.42 Å². The predicted octanol–water partition coefficient (Wildman–Crippen LogP) is 3.24. The average Bonchev–Trinajstić information content (AvgIpc) is 3.20. The van der Waals surface area contributed by atoms with Gasteiger partial charge in [-0.15, -0.1) is 11.3 Å². The average molecular weight is 386 g/mol. The van der Waals surface area contributed by atoms with Gasteiger partial charge in [0, 0.05) is 43.4 Å². The van der Waals surface area contributed by atoms with E-state index in [9.17, 15) is 0 Å². The third-order valence-electron chi connectivity index (χ3n) is 5.42. The van der Waals surface area contributed by atoms with Crippen molar-refractivity contribution >= 4 is 17.3 Å². The SMILES string of the molecule is CN=C(NCCc1ccncc1C)NCC1CCCN(C)C1c1cccs1. The molecule has 1 fully saturated rings. The summed E-state index contributed by atoms with van der Waals surface area (Å²) < 4.78 is 0. The van der Waals surface area contributed by atoms with Crippen molar-refractivity contribution in [2.24, 2.45) is 10.9 Å². The molecule has 0 spiro atoms. The molecule has 3 heterocycles. The number of aliphatic imine (C=N–C) groups is 1. The quantitative estimate of drug-likeness (QED) is 0.592. The van der Waals surface area contributed by atoms with Gasteiger partial charge in [-0.1, -0.05) is 6.07 Å². The molecule has 0 aliphatic carbocycles. The predicted molar refractivity (Wildman–Crippen MR) is 114 cm³/mol. The van der Waals surface area contributed by atoms with Crippen LogP contribution in [0.3, 0.4) is 0 Å². The number of thiophene rings is 1. The van der Waals surface area contributed by atoms with Crippen LogP contribution >= 0.6 is 11.3 Å². The summed E-state index contributed by atoms with van der Waals surface area (Å²) in [5.74, 6) is 1.49. The van der Waals surface area contributed by atoms with Crippen LogP contribution in [0.5, 0.6) is 0 Å². The summed E-state index contributed by atoms with van der Waals surface area (Å²) in [6.45, 7) is 5.10. The third-order valence-corrected chi connectivity index (χ3v) is 6.36. The zero-order chi connectivity index (χ0) is 19.1. The van der Waals surface area contributed by atoms with Crippen molar-refractivity contribution in [1.82, 2.24) is 20.5 Å². The smallest absolute Gasteiger partial charge is 0.190 e. The molecule has 2 atom stereocenters. The fraction of sp³-hybridized carbons (Fsp3) is 0.524. The van der Waals surface area contributed by atoms with Crippen LogP contribution in [0.2, 0.25) is 0 Å². The van der Waals surface area contributed by atoms with Gasteiger partial charge in [-0.2, -0.15) is 0 Å². The number of pyridine rings is 1. The minimum absolute atomic E-state index is 0.504. The highest BCUT2D eigenvalue weighted by Crippen LogP contribution is 2.36. The first-order valence-corrected chi connectivity index (χ1v) is 10.6. The lowest BCUT2D eigenvalue weighted by molar-refractivity contribution is 0.125. The highest BCUT2D eigenvalue weighted by Gasteiger charge is 2.31. The number of hydrogen-bond acceptors (Lipinski definition) is 4. The number of likely N-dealkylation sites (tertiary alicyclic amines) is 1. The van der Waals surface area contributed by atoms with Crippen molar-refractivity contribution in [2.75, 3.05) is 33.7 Å². The van der Waals surface area contributed by atoms with E-state index in [1.54, 1.807) is 0 Å². The first-order chi connectivity index (χ1) is 13.2. The highest BCUT2D eigenvalue weighted by molar-refractivity contribution is 7.10. The lowest BCUT2D eigenvalue weighted by Gasteiger charge is -2.39. The topological polar surface area (TPSA) is 52.6 Å². The van der Waals surface area contributed by atoms with Crippen LogP contribution in [0.25, 0.3) is 0 Å². The molecule has 0 aromatic carbocycles. The molecule has 2 N–H and O–H groups in total. The van der Waals surface area contributed by atoms with Gasteiger partial charge in [0.1, 0.15) is 0 Å². The molecule has 0 saturated carbocycles. The normalized spacial score (nSPS) is 21.2. The second-order valence-electron chi connectivity index (χ2n) is 7.28. The van der Waals surface area contributed by atoms with Gasteiger partial charge in [0.15, 0.2) is 5.96 Å². The molecule has 3 rings (SSSR count). The molecular formula is C21H31N5S. The van der Waals surface area contributed by atoms with Crippen molar-refractivity contribution in [2.45, 2.75) is 32.2 Å². The number of nitrogens with zero attached hydrogens (tertiary/aromatic N) is 3. The van der Waals surface area contributed by atoms with Crippen LogP contribution in [0.1, 0.15) is 34.9 Å². The second-order valence-corrected chi connectivity index (χ2v) is 8.25. The zero-order valence-corrected chi connectivity index (χ0v) is 17.4. The van der Waals surface area contributed by atoms with Crippen molar-refractivity contribution in [3.63, 3.8) is 0 Å². The third kappa shape index (κ3) is 5.30. The molecule has 0 amide bonds.